The van der Waals surface area contributed by atoms with Crippen molar-refractivity contribution in [2.75, 3.05) is 0 Å². The van der Waals surface area contributed by atoms with Crippen molar-refractivity contribution in [3.8, 4) is 10.4 Å². The largest absolute Gasteiger partial charge is 0.276 e. The lowest BCUT2D eigenvalue weighted by Gasteiger charge is -2.07. The summed E-state index contributed by atoms with van der Waals surface area (Å²) in [6.07, 6.45) is 0. The smallest absolute Gasteiger partial charge is 0.273 e. The van der Waals surface area contributed by atoms with Crippen molar-refractivity contribution < 1.29 is 22.0 Å². The van der Waals surface area contributed by atoms with Crippen LogP contribution in [0, 0.1) is 11.6 Å². The summed E-state index contributed by atoms with van der Waals surface area (Å²) < 4.78 is 49.9. The molecule has 3 rings (SSSR count). The van der Waals surface area contributed by atoms with Crippen LogP contribution in [0.2, 0.25) is 0 Å². The molecule has 1 amide bonds. The van der Waals surface area contributed by atoms with Gasteiger partial charge in [0, 0.05) is 4.88 Å². The molecule has 0 aliphatic rings. The number of halogens is 2. The number of hydrazine groups is 1. The highest BCUT2D eigenvalue weighted by Crippen LogP contribution is 2.28. The minimum Gasteiger partial charge on any atom is -0.273 e. The molecule has 1 aromatic heterocycles. The van der Waals surface area contributed by atoms with Gasteiger partial charge in [-0.3, -0.25) is 10.2 Å². The van der Waals surface area contributed by atoms with Crippen molar-refractivity contribution in [3.63, 3.8) is 0 Å². The molecule has 0 radical (unpaired) electrons. The molecule has 134 valence electrons. The number of thiophene rings is 1. The van der Waals surface area contributed by atoms with E-state index >= 15 is 0 Å². The summed E-state index contributed by atoms with van der Waals surface area (Å²) in [4.78, 5) is 14.9. The van der Waals surface area contributed by atoms with Gasteiger partial charge in [-0.1, -0.05) is 12.1 Å². The van der Waals surface area contributed by atoms with Crippen LogP contribution >= 0.6 is 11.3 Å². The molecule has 0 atom stereocenters. The fraction of sp³-hybridized carbons (Fsp3) is 0. The molecule has 0 unspecified atom stereocenters. The van der Waals surface area contributed by atoms with E-state index in [-0.39, 0.29) is 15.6 Å². The Hall–Kier alpha value is -2.62. The van der Waals surface area contributed by atoms with Gasteiger partial charge in [-0.2, -0.15) is 0 Å². The Morgan fingerprint density at radius 1 is 0.846 bits per heavy atom. The van der Waals surface area contributed by atoms with Gasteiger partial charge in [0.05, 0.1) is 9.77 Å². The number of benzene rings is 2. The zero-order valence-corrected chi connectivity index (χ0v) is 14.7. The molecule has 5 nitrogen and oxygen atoms in total. The Morgan fingerprint density at radius 2 is 1.42 bits per heavy atom. The number of carbonyl (C=O) groups excluding carboxylic acids is 1. The van der Waals surface area contributed by atoms with Gasteiger partial charge in [0.2, 0.25) is 0 Å². The van der Waals surface area contributed by atoms with Crippen LogP contribution in [0.5, 0.6) is 0 Å². The molecule has 9 heteroatoms. The first-order valence-corrected chi connectivity index (χ1v) is 9.58. The molecular formula is C17H12F2N2O3S2. The first-order chi connectivity index (χ1) is 12.3. The second-order valence-electron chi connectivity index (χ2n) is 5.18. The molecular weight excluding hydrogens is 382 g/mol. The third-order valence-corrected chi connectivity index (χ3v) is 5.78. The van der Waals surface area contributed by atoms with E-state index in [1.807, 2.05) is 4.83 Å². The Bertz CT molecular complexity index is 1030. The maximum atomic E-state index is 13.0. The van der Waals surface area contributed by atoms with E-state index in [1.54, 1.807) is 18.2 Å². The highest BCUT2D eigenvalue weighted by molar-refractivity contribution is 7.89. The fourth-order valence-corrected chi connectivity index (χ4v) is 3.82. The minimum atomic E-state index is -4.02. The van der Waals surface area contributed by atoms with Crippen LogP contribution in [0.15, 0.2) is 65.6 Å². The summed E-state index contributed by atoms with van der Waals surface area (Å²) in [6, 6.07) is 13.2. The Morgan fingerprint density at radius 3 is 2.04 bits per heavy atom. The summed E-state index contributed by atoms with van der Waals surface area (Å²) >= 11 is 1.13. The predicted octanol–water partition coefficient (Wildman–Crippen LogP) is 3.32. The van der Waals surface area contributed by atoms with Crippen LogP contribution in [0.4, 0.5) is 8.78 Å². The average molecular weight is 394 g/mol. The van der Waals surface area contributed by atoms with Crippen molar-refractivity contribution in [2.45, 2.75) is 4.90 Å². The zero-order valence-electron chi connectivity index (χ0n) is 13.1. The van der Waals surface area contributed by atoms with Crippen LogP contribution in [-0.4, -0.2) is 14.3 Å². The van der Waals surface area contributed by atoms with E-state index in [2.05, 4.69) is 5.43 Å². The van der Waals surface area contributed by atoms with Crippen molar-refractivity contribution in [1.82, 2.24) is 10.3 Å². The van der Waals surface area contributed by atoms with E-state index in [1.165, 1.54) is 18.2 Å². The SMILES string of the molecule is O=C(NNS(=O)(=O)c1ccc(F)cc1)c1ccc(-c2ccc(F)cc2)s1. The number of hydrogen-bond donors (Lipinski definition) is 2. The van der Waals surface area contributed by atoms with Crippen molar-refractivity contribution in [3.05, 3.63) is 77.2 Å². The highest BCUT2D eigenvalue weighted by Gasteiger charge is 2.17. The third kappa shape index (κ3) is 4.13. The molecule has 0 saturated carbocycles. The Labute approximate surface area is 152 Å². The van der Waals surface area contributed by atoms with Gasteiger partial charge in [0.15, 0.2) is 0 Å². The molecule has 0 aliphatic heterocycles. The lowest BCUT2D eigenvalue weighted by molar-refractivity contribution is 0.0949. The van der Waals surface area contributed by atoms with E-state index in [0.717, 1.165) is 46.0 Å². The summed E-state index contributed by atoms with van der Waals surface area (Å²) in [7, 11) is -4.02. The van der Waals surface area contributed by atoms with Crippen LogP contribution in [0.1, 0.15) is 9.67 Å². The number of amides is 1. The standard InChI is InChI=1S/C17H12F2N2O3S2/c18-12-3-1-11(2-4-12)15-9-10-16(25-15)17(22)20-21-26(23,24)14-7-5-13(19)6-8-14/h1-10,21H,(H,20,22). The normalized spacial score (nSPS) is 11.3. The monoisotopic (exact) mass is 394 g/mol. The molecule has 0 bridgehead atoms. The molecule has 0 saturated heterocycles. The molecule has 0 fully saturated rings. The van der Waals surface area contributed by atoms with Crippen LogP contribution in [-0.2, 0) is 10.0 Å². The van der Waals surface area contributed by atoms with Crippen LogP contribution < -0.4 is 10.3 Å². The second-order valence-corrected chi connectivity index (χ2v) is 7.95. The van der Waals surface area contributed by atoms with E-state index in [4.69, 9.17) is 0 Å². The minimum absolute atomic E-state index is 0.183. The molecule has 0 aliphatic carbocycles. The maximum absolute atomic E-state index is 13.0. The predicted molar refractivity (Wildman–Crippen MR) is 93.9 cm³/mol. The van der Waals surface area contributed by atoms with E-state index in [0.29, 0.717) is 0 Å². The van der Waals surface area contributed by atoms with E-state index in [9.17, 15) is 22.0 Å². The van der Waals surface area contributed by atoms with Gasteiger partial charge >= 0.3 is 0 Å². The third-order valence-electron chi connectivity index (χ3n) is 3.38. The number of sulfonamides is 1. The van der Waals surface area contributed by atoms with Gasteiger partial charge in [0.1, 0.15) is 11.6 Å². The molecule has 3 aromatic rings. The molecule has 2 N–H and O–H groups in total. The lowest BCUT2D eigenvalue weighted by atomic mass is 10.2. The Balaban J connectivity index is 1.69. The lowest BCUT2D eigenvalue weighted by Crippen LogP contribution is -2.41. The van der Waals surface area contributed by atoms with Gasteiger partial charge in [-0.25, -0.2) is 17.2 Å². The number of carbonyl (C=O) groups is 1. The number of hydrogen-bond acceptors (Lipinski definition) is 4. The van der Waals surface area contributed by atoms with Crippen molar-refractivity contribution in [2.24, 2.45) is 0 Å². The number of rotatable bonds is 5. The summed E-state index contributed by atoms with van der Waals surface area (Å²) in [5, 5.41) is 0. The topological polar surface area (TPSA) is 75.3 Å². The molecule has 2 aromatic carbocycles. The van der Waals surface area contributed by atoms with Gasteiger partial charge in [0.25, 0.3) is 15.9 Å². The summed E-state index contributed by atoms with van der Waals surface area (Å²) in [5.41, 5.74) is 2.84. The number of nitrogens with one attached hydrogen (secondary N) is 2. The summed E-state index contributed by atoms with van der Waals surface area (Å²) in [5.74, 6) is -1.58. The quantitative estimate of drug-likeness (QED) is 0.652. The molecule has 26 heavy (non-hydrogen) atoms. The van der Waals surface area contributed by atoms with Gasteiger partial charge in [-0.05, 0) is 54.1 Å². The molecule has 0 spiro atoms. The average Bonchev–Trinajstić information content (AvgIpc) is 3.11. The first kappa shape index (κ1) is 18.2. The van der Waals surface area contributed by atoms with E-state index < -0.39 is 21.7 Å². The zero-order chi connectivity index (χ0) is 18.7. The summed E-state index contributed by atoms with van der Waals surface area (Å²) in [6.45, 7) is 0. The highest BCUT2D eigenvalue weighted by atomic mass is 32.2. The fourth-order valence-electron chi connectivity index (χ4n) is 2.08. The van der Waals surface area contributed by atoms with Crippen molar-refractivity contribution >= 4 is 27.3 Å². The second kappa shape index (κ2) is 7.32. The first-order valence-electron chi connectivity index (χ1n) is 7.29. The van der Waals surface area contributed by atoms with Crippen molar-refractivity contribution in [1.29, 1.82) is 0 Å². The molecule has 1 heterocycles. The van der Waals surface area contributed by atoms with Crippen LogP contribution in [0.25, 0.3) is 10.4 Å². The van der Waals surface area contributed by atoms with Gasteiger partial charge in [-0.15, -0.1) is 16.2 Å². The van der Waals surface area contributed by atoms with Gasteiger partial charge < -0.3 is 0 Å². The maximum Gasteiger partial charge on any atom is 0.276 e. The Kier molecular flexibility index (Phi) is 5.12. The van der Waals surface area contributed by atoms with Crippen LogP contribution in [0.3, 0.4) is 0 Å².